The van der Waals surface area contributed by atoms with Crippen molar-refractivity contribution in [1.29, 1.82) is 0 Å². The molecule has 1 unspecified atom stereocenters. The Labute approximate surface area is 232 Å². The van der Waals surface area contributed by atoms with Gasteiger partial charge in [-0.15, -0.1) is 0 Å². The first kappa shape index (κ1) is 28.8. The van der Waals surface area contributed by atoms with Gasteiger partial charge in [0.2, 0.25) is 17.7 Å². The summed E-state index contributed by atoms with van der Waals surface area (Å²) in [5, 5.41) is 7.83. The number of carbonyl (C=O) groups is 5. The molecule has 4 amide bonds. The molecule has 2 saturated heterocycles. The summed E-state index contributed by atoms with van der Waals surface area (Å²) in [6.07, 6.45) is 0.0775. The molecule has 2 aliphatic heterocycles. The number of carbonyl (C=O) groups excluding carboxylic acids is 5. The van der Waals surface area contributed by atoms with Crippen LogP contribution >= 0.6 is 0 Å². The summed E-state index contributed by atoms with van der Waals surface area (Å²) in [7, 11) is 0. The number of hydrogen-bond donors (Lipinski definition) is 3. The van der Waals surface area contributed by atoms with Crippen molar-refractivity contribution in [3.8, 4) is 0 Å². The monoisotopic (exact) mass is 550 g/mol. The van der Waals surface area contributed by atoms with Crippen LogP contribution in [0.3, 0.4) is 0 Å². The molecule has 212 valence electrons. The van der Waals surface area contributed by atoms with Gasteiger partial charge in [0.25, 0.3) is 0 Å². The average molecular weight is 551 g/mol. The third kappa shape index (κ3) is 8.12. The maximum absolute atomic E-state index is 13.0. The number of nitrogens with zero attached hydrogens (tertiary/aromatic N) is 1. The fourth-order valence-electron chi connectivity index (χ4n) is 4.54. The van der Waals surface area contributed by atoms with Crippen molar-refractivity contribution in [3.63, 3.8) is 0 Å². The topological polar surface area (TPSA) is 146 Å². The van der Waals surface area contributed by atoms with Crippen LogP contribution in [0.2, 0.25) is 0 Å². The minimum absolute atomic E-state index is 0.0705. The minimum Gasteiger partial charge on any atom is -0.445 e. The second-order valence-electron chi connectivity index (χ2n) is 9.87. The van der Waals surface area contributed by atoms with Crippen molar-refractivity contribution in [2.75, 3.05) is 19.7 Å². The van der Waals surface area contributed by atoms with Crippen LogP contribution in [0, 0.1) is 0 Å². The highest BCUT2D eigenvalue weighted by Gasteiger charge is 2.38. The lowest BCUT2D eigenvalue weighted by molar-refractivity contribution is -0.139. The van der Waals surface area contributed by atoms with Crippen molar-refractivity contribution < 1.29 is 33.4 Å². The molecule has 0 aromatic heterocycles. The number of ether oxygens (including phenoxy) is 2. The van der Waals surface area contributed by atoms with Crippen LogP contribution in [-0.4, -0.2) is 78.4 Å². The molecule has 3 N–H and O–H groups in total. The first-order valence-corrected chi connectivity index (χ1v) is 13.4. The number of benzene rings is 2. The molecule has 0 bridgehead atoms. The number of nitrogens with one attached hydrogen (secondary N) is 3. The SMILES string of the molecule is C[C@H](NC(=O)[C@@H]1CCCN1C(=O)CNC(=O)OCc1ccccc1)C(=O)N[C@@H](Cc1ccccc1)C(=O)C1CO1. The summed E-state index contributed by atoms with van der Waals surface area (Å²) >= 11 is 0. The van der Waals surface area contributed by atoms with Gasteiger partial charge in [-0.3, -0.25) is 19.2 Å². The van der Waals surface area contributed by atoms with E-state index in [2.05, 4.69) is 16.0 Å². The van der Waals surface area contributed by atoms with E-state index in [1.807, 2.05) is 60.7 Å². The van der Waals surface area contributed by atoms with Gasteiger partial charge in [-0.1, -0.05) is 60.7 Å². The number of alkyl carbamates (subject to hydrolysis) is 1. The lowest BCUT2D eigenvalue weighted by Crippen LogP contribution is -2.55. The molecule has 2 heterocycles. The molecule has 4 atom stereocenters. The van der Waals surface area contributed by atoms with Crippen molar-refractivity contribution in [3.05, 3.63) is 71.8 Å². The first-order valence-electron chi connectivity index (χ1n) is 13.4. The molecule has 11 heteroatoms. The predicted molar refractivity (Wildman–Crippen MR) is 144 cm³/mol. The number of epoxide rings is 1. The van der Waals surface area contributed by atoms with E-state index in [0.717, 1.165) is 11.1 Å². The van der Waals surface area contributed by atoms with E-state index in [4.69, 9.17) is 9.47 Å². The van der Waals surface area contributed by atoms with Gasteiger partial charge >= 0.3 is 6.09 Å². The smallest absolute Gasteiger partial charge is 0.407 e. The number of hydrogen-bond acceptors (Lipinski definition) is 7. The summed E-state index contributed by atoms with van der Waals surface area (Å²) < 4.78 is 10.2. The lowest BCUT2D eigenvalue weighted by Gasteiger charge is -2.26. The number of likely N-dealkylation sites (tertiary alicyclic amines) is 1. The van der Waals surface area contributed by atoms with E-state index < -0.39 is 48.0 Å². The summed E-state index contributed by atoms with van der Waals surface area (Å²) in [6, 6.07) is 15.9. The third-order valence-corrected chi connectivity index (χ3v) is 6.82. The molecule has 40 heavy (non-hydrogen) atoms. The Morgan fingerprint density at radius 3 is 2.27 bits per heavy atom. The normalized spacial score (nSPS) is 19.2. The second-order valence-corrected chi connectivity index (χ2v) is 9.87. The molecule has 0 saturated carbocycles. The van der Waals surface area contributed by atoms with Crippen LogP contribution in [0.15, 0.2) is 60.7 Å². The molecular formula is C29H34N4O7. The summed E-state index contributed by atoms with van der Waals surface area (Å²) in [4.78, 5) is 64.9. The average Bonchev–Trinajstić information content (AvgIpc) is 3.70. The molecular weight excluding hydrogens is 516 g/mol. The van der Waals surface area contributed by atoms with Crippen molar-refractivity contribution >= 4 is 29.6 Å². The number of rotatable bonds is 12. The molecule has 0 aliphatic carbocycles. The summed E-state index contributed by atoms with van der Waals surface area (Å²) in [5.74, 6) is -1.62. The quantitative estimate of drug-likeness (QED) is 0.336. The van der Waals surface area contributed by atoms with Gasteiger partial charge in [-0.05, 0) is 37.3 Å². The fraction of sp³-hybridized carbons (Fsp3) is 0.414. The zero-order valence-corrected chi connectivity index (χ0v) is 22.3. The van der Waals surface area contributed by atoms with Crippen LogP contribution in [0.1, 0.15) is 30.9 Å². The number of Topliss-reactive ketones (excluding diaryl/α,β-unsaturated/α-hetero) is 1. The summed E-state index contributed by atoms with van der Waals surface area (Å²) in [5.41, 5.74) is 1.70. The fourth-order valence-corrected chi connectivity index (χ4v) is 4.54. The molecule has 2 fully saturated rings. The predicted octanol–water partition coefficient (Wildman–Crippen LogP) is 1.10. The van der Waals surface area contributed by atoms with Crippen LogP contribution in [0.5, 0.6) is 0 Å². The van der Waals surface area contributed by atoms with Crippen molar-refractivity contribution in [2.45, 2.75) is 57.0 Å². The van der Waals surface area contributed by atoms with E-state index in [1.165, 1.54) is 11.8 Å². The van der Waals surface area contributed by atoms with Gasteiger partial charge in [0, 0.05) is 6.54 Å². The van der Waals surface area contributed by atoms with E-state index in [9.17, 15) is 24.0 Å². The molecule has 2 aromatic carbocycles. The molecule has 11 nitrogen and oxygen atoms in total. The Morgan fingerprint density at radius 2 is 1.62 bits per heavy atom. The second kappa shape index (κ2) is 13.7. The largest absolute Gasteiger partial charge is 0.445 e. The molecule has 4 rings (SSSR count). The zero-order chi connectivity index (χ0) is 28.5. The van der Waals surface area contributed by atoms with Crippen LogP contribution in [-0.2, 0) is 41.7 Å². The Kier molecular flexibility index (Phi) is 9.85. The van der Waals surface area contributed by atoms with E-state index in [1.54, 1.807) is 0 Å². The van der Waals surface area contributed by atoms with E-state index >= 15 is 0 Å². The Hall–Kier alpha value is -4.25. The van der Waals surface area contributed by atoms with Crippen molar-refractivity contribution in [1.82, 2.24) is 20.9 Å². The molecule has 2 aliphatic rings. The highest BCUT2D eigenvalue weighted by Crippen LogP contribution is 2.18. The maximum atomic E-state index is 13.0. The van der Waals surface area contributed by atoms with Crippen LogP contribution < -0.4 is 16.0 Å². The maximum Gasteiger partial charge on any atom is 0.407 e. The number of ketones is 1. The highest BCUT2D eigenvalue weighted by molar-refractivity contribution is 5.96. The minimum atomic E-state index is -0.942. The molecule has 0 spiro atoms. The standard InChI is InChI=1S/C29H34N4O7/c1-19(27(36)32-22(26(35)24-18-39-24)15-20-9-4-2-5-10-20)31-28(37)23-13-8-14-33(23)25(34)16-30-29(38)40-17-21-11-6-3-7-12-21/h2-7,9-12,19,22-24H,8,13-18H2,1H3,(H,30,38)(H,31,37)(H,32,36)/t19-,22-,23-,24?/m0/s1. The molecule has 2 aromatic rings. The van der Waals surface area contributed by atoms with Gasteiger partial charge in [0.05, 0.1) is 12.6 Å². The third-order valence-electron chi connectivity index (χ3n) is 6.82. The first-order chi connectivity index (χ1) is 19.3. The van der Waals surface area contributed by atoms with Gasteiger partial charge in [-0.25, -0.2) is 4.79 Å². The summed E-state index contributed by atoms with van der Waals surface area (Å²) in [6.45, 7) is 1.96. The van der Waals surface area contributed by atoms with Crippen LogP contribution in [0.4, 0.5) is 4.79 Å². The Bertz CT molecular complexity index is 1200. The Morgan fingerprint density at radius 1 is 0.975 bits per heavy atom. The van der Waals surface area contributed by atoms with E-state index in [0.29, 0.717) is 32.4 Å². The van der Waals surface area contributed by atoms with Gasteiger partial charge < -0.3 is 30.3 Å². The zero-order valence-electron chi connectivity index (χ0n) is 22.3. The Balaban J connectivity index is 1.25. The van der Waals surface area contributed by atoms with Crippen molar-refractivity contribution in [2.24, 2.45) is 0 Å². The number of amides is 4. The van der Waals surface area contributed by atoms with Crippen LogP contribution in [0.25, 0.3) is 0 Å². The highest BCUT2D eigenvalue weighted by atomic mass is 16.6. The lowest BCUT2D eigenvalue weighted by atomic mass is 10.0. The van der Waals surface area contributed by atoms with Gasteiger partial charge in [-0.2, -0.15) is 0 Å². The van der Waals surface area contributed by atoms with Gasteiger partial charge in [0.15, 0.2) is 5.78 Å². The van der Waals surface area contributed by atoms with E-state index in [-0.39, 0.29) is 18.9 Å². The van der Waals surface area contributed by atoms with Gasteiger partial charge in [0.1, 0.15) is 31.3 Å². The molecule has 0 radical (unpaired) electrons.